The van der Waals surface area contributed by atoms with Crippen LogP contribution in [0.25, 0.3) is 11.0 Å². The molecule has 8 nitrogen and oxygen atoms in total. The first-order chi connectivity index (χ1) is 17.7. The van der Waals surface area contributed by atoms with Crippen molar-refractivity contribution >= 4 is 23.0 Å². The zero-order valence-electron chi connectivity index (χ0n) is 21.8. The third-order valence-corrected chi connectivity index (χ3v) is 6.35. The number of hydrogen-bond acceptors (Lipinski definition) is 5. The van der Waals surface area contributed by atoms with E-state index in [1.807, 2.05) is 58.0 Å². The molecule has 2 amide bonds. The van der Waals surface area contributed by atoms with Gasteiger partial charge in [-0.2, -0.15) is 5.26 Å². The fraction of sp³-hybridized carbons (Fsp3) is 0.379. The lowest BCUT2D eigenvalue weighted by Gasteiger charge is -2.37. The van der Waals surface area contributed by atoms with Gasteiger partial charge in [0, 0.05) is 24.7 Å². The smallest absolute Gasteiger partial charge is 0.414 e. The van der Waals surface area contributed by atoms with Crippen LogP contribution in [0.3, 0.4) is 0 Å². The predicted molar refractivity (Wildman–Crippen MR) is 141 cm³/mol. The lowest BCUT2D eigenvalue weighted by molar-refractivity contribution is 0.0279. The molecule has 1 aliphatic carbocycles. The summed E-state index contributed by atoms with van der Waals surface area (Å²) in [6, 6.07) is 17.1. The average Bonchev–Trinajstić information content (AvgIpc) is 3.32. The number of aromatic nitrogens is 2. The van der Waals surface area contributed by atoms with E-state index in [1.165, 1.54) is 0 Å². The maximum absolute atomic E-state index is 13.6. The van der Waals surface area contributed by atoms with Crippen LogP contribution in [-0.2, 0) is 11.3 Å². The van der Waals surface area contributed by atoms with Gasteiger partial charge in [-0.1, -0.05) is 42.5 Å². The molecule has 2 aromatic carbocycles. The summed E-state index contributed by atoms with van der Waals surface area (Å²) >= 11 is 0. The molecule has 1 aromatic heterocycles. The van der Waals surface area contributed by atoms with E-state index >= 15 is 0 Å². The molecule has 4 rings (SSSR count). The van der Waals surface area contributed by atoms with Gasteiger partial charge in [0.05, 0.1) is 17.6 Å². The Kier molecular flexibility index (Phi) is 7.63. The maximum Gasteiger partial charge on any atom is 0.414 e. The number of fused-ring (bicyclic) bond motifs is 1. The second-order valence-corrected chi connectivity index (χ2v) is 10.2. The van der Waals surface area contributed by atoms with Crippen LogP contribution in [0.15, 0.2) is 60.3 Å². The molecule has 37 heavy (non-hydrogen) atoms. The molecule has 3 aromatic rings. The van der Waals surface area contributed by atoms with Crippen LogP contribution >= 0.6 is 0 Å². The highest BCUT2D eigenvalue weighted by molar-refractivity contribution is 5.95. The Morgan fingerprint density at radius 2 is 1.92 bits per heavy atom. The Bertz CT molecular complexity index is 1350. The Balaban J connectivity index is 1.58. The number of amides is 2. The molecule has 1 atom stereocenters. The number of nitrogens with zero attached hydrogens (tertiary/aromatic N) is 4. The standard InChI is InChI=1S/C29H33N5O3/c1-5-33(27(35)26-31-24-16-9-13-21(18-30)25(24)32-26)22-14-10-15-23(17-22)34(28(36)37-29(2,3)4)19-20-11-7-6-8-12-20/h6-9,11-13,15-16,22H,5,10,14,17,19H2,1-4H3,(H,31,32). The molecular formula is C29H33N5O3. The van der Waals surface area contributed by atoms with Crippen LogP contribution < -0.4 is 0 Å². The van der Waals surface area contributed by atoms with E-state index in [4.69, 9.17) is 4.74 Å². The van der Waals surface area contributed by atoms with Gasteiger partial charge in [-0.25, -0.2) is 9.78 Å². The Hall–Kier alpha value is -4.12. The predicted octanol–water partition coefficient (Wildman–Crippen LogP) is 5.77. The fourth-order valence-electron chi connectivity index (χ4n) is 4.65. The molecule has 0 saturated heterocycles. The molecule has 0 radical (unpaired) electrons. The van der Waals surface area contributed by atoms with Gasteiger partial charge in [-0.15, -0.1) is 0 Å². The highest BCUT2D eigenvalue weighted by Crippen LogP contribution is 2.29. The molecule has 1 unspecified atom stereocenters. The van der Waals surface area contributed by atoms with E-state index in [0.717, 1.165) is 24.1 Å². The summed E-state index contributed by atoms with van der Waals surface area (Å²) in [6.07, 6.45) is 3.70. The number of H-pyrrole nitrogens is 1. The van der Waals surface area contributed by atoms with E-state index in [0.29, 0.717) is 36.1 Å². The molecule has 0 spiro atoms. The molecule has 8 heteroatoms. The molecule has 0 bridgehead atoms. The number of nitriles is 1. The molecule has 0 fully saturated rings. The van der Waals surface area contributed by atoms with Crippen molar-refractivity contribution < 1.29 is 14.3 Å². The van der Waals surface area contributed by atoms with Crippen LogP contribution in [0.5, 0.6) is 0 Å². The first-order valence-corrected chi connectivity index (χ1v) is 12.6. The minimum atomic E-state index is -0.629. The third-order valence-electron chi connectivity index (χ3n) is 6.35. The number of hydrogen-bond donors (Lipinski definition) is 1. The minimum Gasteiger partial charge on any atom is -0.443 e. The maximum atomic E-state index is 13.6. The lowest BCUT2D eigenvalue weighted by Crippen LogP contribution is -2.44. The van der Waals surface area contributed by atoms with Crippen LogP contribution in [0.1, 0.15) is 68.7 Å². The number of nitrogens with one attached hydrogen (secondary N) is 1. The largest absolute Gasteiger partial charge is 0.443 e. The van der Waals surface area contributed by atoms with Crippen molar-refractivity contribution in [3.63, 3.8) is 0 Å². The summed E-state index contributed by atoms with van der Waals surface area (Å²) in [5.74, 6) is -0.00958. The highest BCUT2D eigenvalue weighted by atomic mass is 16.6. The molecule has 0 aliphatic heterocycles. The number of carbonyl (C=O) groups is 2. The molecule has 1 aliphatic rings. The number of aromatic amines is 1. The summed E-state index contributed by atoms with van der Waals surface area (Å²) in [5, 5.41) is 9.40. The Morgan fingerprint density at radius 1 is 1.16 bits per heavy atom. The van der Waals surface area contributed by atoms with Crippen molar-refractivity contribution in [1.82, 2.24) is 19.8 Å². The number of rotatable bonds is 6. The lowest BCUT2D eigenvalue weighted by atomic mass is 9.96. The summed E-state index contributed by atoms with van der Waals surface area (Å²) < 4.78 is 5.74. The molecule has 192 valence electrons. The molecule has 0 saturated carbocycles. The van der Waals surface area contributed by atoms with E-state index in [2.05, 4.69) is 22.1 Å². The van der Waals surface area contributed by atoms with Crippen molar-refractivity contribution in [3.05, 3.63) is 77.3 Å². The second kappa shape index (κ2) is 10.9. The Morgan fingerprint density at radius 3 is 2.59 bits per heavy atom. The number of imidazole rings is 1. The van der Waals surface area contributed by atoms with Crippen molar-refractivity contribution in [2.24, 2.45) is 0 Å². The minimum absolute atomic E-state index is 0.109. The molecule has 1 N–H and O–H groups in total. The van der Waals surface area contributed by atoms with Crippen molar-refractivity contribution in [2.75, 3.05) is 6.54 Å². The van der Waals surface area contributed by atoms with Gasteiger partial charge in [-0.3, -0.25) is 9.69 Å². The highest BCUT2D eigenvalue weighted by Gasteiger charge is 2.32. The second-order valence-electron chi connectivity index (χ2n) is 10.2. The van der Waals surface area contributed by atoms with E-state index in [9.17, 15) is 14.9 Å². The van der Waals surface area contributed by atoms with Crippen LogP contribution in [0.4, 0.5) is 4.79 Å². The molecule has 1 heterocycles. The quantitative estimate of drug-likeness (QED) is 0.464. The Labute approximate surface area is 217 Å². The van der Waals surface area contributed by atoms with Crippen molar-refractivity contribution in [1.29, 1.82) is 5.26 Å². The van der Waals surface area contributed by atoms with E-state index in [-0.39, 0.29) is 17.8 Å². The summed E-state index contributed by atoms with van der Waals surface area (Å²) in [5.41, 5.74) is 2.78. The monoisotopic (exact) mass is 499 g/mol. The van der Waals surface area contributed by atoms with Gasteiger partial charge in [0.2, 0.25) is 0 Å². The average molecular weight is 500 g/mol. The number of ether oxygens (including phenoxy) is 1. The number of benzene rings is 2. The van der Waals surface area contributed by atoms with Gasteiger partial charge in [0.1, 0.15) is 17.2 Å². The van der Waals surface area contributed by atoms with Gasteiger partial charge >= 0.3 is 6.09 Å². The molecular weight excluding hydrogens is 466 g/mol. The van der Waals surface area contributed by atoms with E-state index < -0.39 is 11.7 Å². The van der Waals surface area contributed by atoms with Gasteiger partial charge < -0.3 is 14.6 Å². The SMILES string of the molecule is CCN(C(=O)c1nc2c(C#N)cccc2[nH]1)C1CCC=C(N(Cc2ccccc2)C(=O)OC(C)(C)C)C1. The zero-order valence-corrected chi connectivity index (χ0v) is 21.8. The third kappa shape index (κ3) is 6.00. The van der Waals surface area contributed by atoms with E-state index in [1.54, 1.807) is 28.0 Å². The summed E-state index contributed by atoms with van der Waals surface area (Å²) in [6.45, 7) is 8.37. The number of para-hydroxylation sites is 1. The van der Waals surface area contributed by atoms with Crippen LogP contribution in [0.2, 0.25) is 0 Å². The normalized spacial score (nSPS) is 15.5. The van der Waals surface area contributed by atoms with Crippen molar-refractivity contribution in [3.8, 4) is 6.07 Å². The van der Waals surface area contributed by atoms with Gasteiger partial charge in [0.25, 0.3) is 5.91 Å². The van der Waals surface area contributed by atoms with Gasteiger partial charge in [0.15, 0.2) is 5.82 Å². The van der Waals surface area contributed by atoms with Gasteiger partial charge in [-0.05, 0) is 58.2 Å². The number of carbonyl (C=O) groups excluding carboxylic acids is 2. The number of allylic oxidation sites excluding steroid dienone is 1. The summed E-state index contributed by atoms with van der Waals surface area (Å²) in [7, 11) is 0. The first kappa shape index (κ1) is 26.0. The summed E-state index contributed by atoms with van der Waals surface area (Å²) in [4.78, 5) is 37.8. The van der Waals surface area contributed by atoms with Crippen molar-refractivity contribution in [2.45, 2.75) is 65.1 Å². The first-order valence-electron chi connectivity index (χ1n) is 12.6. The zero-order chi connectivity index (χ0) is 26.6. The fourth-order valence-corrected chi connectivity index (χ4v) is 4.65. The topological polar surface area (TPSA) is 102 Å². The van der Waals surface area contributed by atoms with Crippen LogP contribution in [-0.4, -0.2) is 50.0 Å². The van der Waals surface area contributed by atoms with Crippen LogP contribution in [0, 0.1) is 11.3 Å².